The van der Waals surface area contributed by atoms with Gasteiger partial charge in [-0.05, 0) is 134 Å². The second-order valence-corrected chi connectivity index (χ2v) is 26.3. The van der Waals surface area contributed by atoms with Crippen LogP contribution in [0.5, 0.6) is 0 Å². The van der Waals surface area contributed by atoms with E-state index in [0.717, 1.165) is 58.4 Å². The number of nitrogens with one attached hydrogen (secondary N) is 3. The summed E-state index contributed by atoms with van der Waals surface area (Å²) >= 11 is 0. The van der Waals surface area contributed by atoms with Crippen LogP contribution in [0.3, 0.4) is 0 Å². The molecule has 2 saturated heterocycles. The van der Waals surface area contributed by atoms with Crippen LogP contribution in [0.1, 0.15) is 102 Å². The van der Waals surface area contributed by atoms with Crippen molar-refractivity contribution in [2.75, 3.05) is 33.2 Å². The molecule has 2 saturated carbocycles. The standard InChI is InChI=1S/C36H43FN4O5.C35H40FN3O6/c1-36(2,3)46-35(45)39-29(20-23-12-15-28(37)16-13-23)33(43)41-18-17-40(34(44)31(41)21-24-9-10-24)30(32(42)38-4)22-25-11-14-26-7-5-6-8-27(26)19-25;1-35(2,3)45-34(44)37-28(19-22-11-14-27(36)15-12-22)31(40)38-16-17-39(32(41)29(38)20-23-8-9-23)30(33(42)43)21-24-10-13-25-6-4-5-7-26(25)18-24/h5-8,11-16,19,24,29-31H,9-10,17-18,20-22H2,1-4H3,(H,38,42)(H,39,45);4-7,10-15,18,23,28-30H,8-9,16-17,19-21H2,1-3H3,(H,37,44)(H,42,43)/t29-,30+,31+;28-,29+,30+/m11/s1. The zero-order valence-electron chi connectivity index (χ0n) is 52.8. The van der Waals surface area contributed by atoms with Crippen LogP contribution in [-0.4, -0.2) is 153 Å². The lowest BCUT2D eigenvalue weighted by Gasteiger charge is -2.44. The Morgan fingerprint density at radius 3 is 1.23 bits per heavy atom. The van der Waals surface area contributed by atoms with E-state index < -0.39 is 95.0 Å². The predicted octanol–water partition coefficient (Wildman–Crippen LogP) is 9.56. The molecule has 0 bridgehead atoms. The van der Waals surface area contributed by atoms with Crippen LogP contribution in [0.4, 0.5) is 18.4 Å². The van der Waals surface area contributed by atoms with E-state index in [2.05, 4.69) is 16.0 Å². The van der Waals surface area contributed by atoms with Crippen molar-refractivity contribution < 1.29 is 61.7 Å². The molecule has 20 heteroatoms. The van der Waals surface area contributed by atoms with Gasteiger partial charge < -0.3 is 50.1 Å². The highest BCUT2D eigenvalue weighted by atomic mass is 19.1. The minimum Gasteiger partial charge on any atom is -0.480 e. The number of amides is 7. The quantitative estimate of drug-likeness (QED) is 0.0563. The zero-order chi connectivity index (χ0) is 65.3. The third-order valence-electron chi connectivity index (χ3n) is 16.9. The number of benzene rings is 6. The number of piperazine rings is 2. The van der Waals surface area contributed by atoms with Crippen LogP contribution in [0, 0.1) is 23.5 Å². The maximum Gasteiger partial charge on any atom is 0.408 e. The molecule has 4 N–H and O–H groups in total. The second-order valence-electron chi connectivity index (χ2n) is 26.3. The summed E-state index contributed by atoms with van der Waals surface area (Å²) in [5, 5.41) is 22.5. The molecule has 10 rings (SSSR count). The Hall–Kier alpha value is -8.94. The van der Waals surface area contributed by atoms with Crippen molar-refractivity contribution in [3.8, 4) is 0 Å². The second kappa shape index (κ2) is 28.9. The Morgan fingerprint density at radius 1 is 0.505 bits per heavy atom. The third-order valence-corrected chi connectivity index (χ3v) is 16.9. The molecule has 0 aromatic heterocycles. The van der Waals surface area contributed by atoms with Gasteiger partial charge >= 0.3 is 18.2 Å². The van der Waals surface area contributed by atoms with Gasteiger partial charge in [0.2, 0.25) is 29.5 Å². The topological polar surface area (TPSA) is 224 Å². The van der Waals surface area contributed by atoms with Crippen LogP contribution in [-0.2, 0) is 63.9 Å². The molecule has 0 radical (unpaired) electrons. The molecule has 18 nitrogen and oxygen atoms in total. The average Bonchev–Trinajstić information content (AvgIpc) is 1.87. The van der Waals surface area contributed by atoms with Gasteiger partial charge in [-0.15, -0.1) is 0 Å². The summed E-state index contributed by atoms with van der Waals surface area (Å²) < 4.78 is 38.1. The number of nitrogens with zero attached hydrogens (tertiary/aromatic N) is 4. The summed E-state index contributed by atoms with van der Waals surface area (Å²) in [4.78, 5) is 114. The molecule has 4 fully saturated rings. The molecule has 2 aliphatic carbocycles. The van der Waals surface area contributed by atoms with Gasteiger partial charge in [0, 0.05) is 58.9 Å². The van der Waals surface area contributed by atoms with E-state index in [1.54, 1.807) is 82.7 Å². The maximum absolute atomic E-state index is 14.3. The van der Waals surface area contributed by atoms with Crippen LogP contribution >= 0.6 is 0 Å². The number of carbonyl (C=O) groups excluding carboxylic acids is 7. The summed E-state index contributed by atoms with van der Waals surface area (Å²) in [5.74, 6) is -3.23. The first-order valence-corrected chi connectivity index (χ1v) is 31.4. The largest absolute Gasteiger partial charge is 0.480 e. The van der Waals surface area contributed by atoms with Crippen LogP contribution in [0.2, 0.25) is 0 Å². The molecule has 7 amide bonds. The lowest BCUT2D eigenvalue weighted by Crippen LogP contribution is -2.65. The number of ether oxygens (including phenoxy) is 2. The summed E-state index contributed by atoms with van der Waals surface area (Å²) in [6, 6.07) is 33.3. The molecule has 6 atom stereocenters. The van der Waals surface area contributed by atoms with Gasteiger partial charge in [-0.2, -0.15) is 0 Å². The van der Waals surface area contributed by atoms with Crippen molar-refractivity contribution in [2.24, 2.45) is 11.8 Å². The fourth-order valence-electron chi connectivity index (χ4n) is 12.0. The third kappa shape index (κ3) is 18.2. The molecule has 6 aromatic rings. The highest BCUT2D eigenvalue weighted by Gasteiger charge is 2.48. The van der Waals surface area contributed by atoms with Gasteiger partial charge in [-0.1, -0.05) is 135 Å². The number of hydrogen-bond donors (Lipinski definition) is 4. The summed E-state index contributed by atoms with van der Waals surface area (Å²) in [7, 11) is 1.56. The van der Waals surface area contributed by atoms with E-state index in [1.807, 2.05) is 84.9 Å². The summed E-state index contributed by atoms with van der Waals surface area (Å²) in [6.45, 7) is 10.8. The van der Waals surface area contributed by atoms with Crippen molar-refractivity contribution in [1.82, 2.24) is 35.6 Å². The number of halogens is 2. The predicted molar refractivity (Wildman–Crippen MR) is 340 cm³/mol. The first-order chi connectivity index (χ1) is 43.3. The number of alkyl carbamates (subject to hydrolysis) is 2. The minimum atomic E-state index is -1.11. The van der Waals surface area contributed by atoms with Gasteiger partial charge in [0.05, 0.1) is 0 Å². The Morgan fingerprint density at radius 2 is 0.868 bits per heavy atom. The number of carboxylic acids is 1. The molecule has 0 spiro atoms. The first kappa shape index (κ1) is 66.5. The lowest BCUT2D eigenvalue weighted by molar-refractivity contribution is -0.161. The molecule has 6 aromatic carbocycles. The average molecular weight is 1250 g/mol. The van der Waals surface area contributed by atoms with Crippen LogP contribution in [0.25, 0.3) is 21.5 Å². The Kier molecular flexibility index (Phi) is 21.1. The normalized spacial score (nSPS) is 18.3. The fourth-order valence-corrected chi connectivity index (χ4v) is 12.0. The number of fused-ring (bicyclic) bond motifs is 2. The molecular formula is C71H83F2N7O11. The van der Waals surface area contributed by atoms with Gasteiger partial charge in [0.15, 0.2) is 0 Å². The van der Waals surface area contributed by atoms with Crippen molar-refractivity contribution in [1.29, 1.82) is 0 Å². The monoisotopic (exact) mass is 1250 g/mol. The Bertz CT molecular complexity index is 3620. The van der Waals surface area contributed by atoms with Crippen LogP contribution < -0.4 is 16.0 Å². The van der Waals surface area contributed by atoms with E-state index in [-0.39, 0.29) is 63.2 Å². The molecule has 2 aliphatic heterocycles. The number of hydrogen-bond acceptors (Lipinski definition) is 10. The Labute approximate surface area is 530 Å². The minimum absolute atomic E-state index is 0.0337. The summed E-state index contributed by atoms with van der Waals surface area (Å²) in [6.07, 6.45) is 3.76. The van der Waals surface area contributed by atoms with E-state index in [0.29, 0.717) is 36.3 Å². The van der Waals surface area contributed by atoms with E-state index in [4.69, 9.17) is 9.47 Å². The van der Waals surface area contributed by atoms with Gasteiger partial charge in [0.25, 0.3) is 0 Å². The molecular weight excluding hydrogens is 1160 g/mol. The van der Waals surface area contributed by atoms with E-state index in [1.165, 1.54) is 34.1 Å². The zero-order valence-corrected chi connectivity index (χ0v) is 52.8. The van der Waals surface area contributed by atoms with Crippen molar-refractivity contribution in [3.63, 3.8) is 0 Å². The number of rotatable bonds is 20. The molecule has 4 aliphatic rings. The Balaban J connectivity index is 0.000000215. The number of carboxylic acid groups (broad SMARTS) is 1. The number of likely N-dealkylation sites (N-methyl/N-ethyl adjacent to an activating group) is 1. The van der Waals surface area contributed by atoms with Gasteiger partial charge in [-0.3, -0.25) is 24.0 Å². The first-order valence-electron chi connectivity index (χ1n) is 31.4. The lowest BCUT2D eigenvalue weighted by atomic mass is 9.96. The highest BCUT2D eigenvalue weighted by Crippen LogP contribution is 2.38. The van der Waals surface area contributed by atoms with Crippen LogP contribution in [0.15, 0.2) is 133 Å². The molecule has 482 valence electrons. The SMILES string of the molecule is CC(C)(C)OC(=O)N[C@H](Cc1ccc(F)cc1)C(=O)N1CCN([C@@H](Cc2ccc3ccccc3c2)C(=O)O)C(=O)[C@@H]1CC1CC1.CNC(=O)[C@H](Cc1ccc2ccccc2c1)N1CCN(C(=O)[C@@H](Cc2ccc(F)cc2)NC(=O)OC(C)(C)C)[C@@H](CC2CC2)C1=O. The fraction of sp³-hybridized carbons (Fsp3) is 0.437. The van der Waals surface area contributed by atoms with Gasteiger partial charge in [-0.25, -0.2) is 23.2 Å². The smallest absolute Gasteiger partial charge is 0.408 e. The molecule has 0 unspecified atom stereocenters. The summed E-state index contributed by atoms with van der Waals surface area (Å²) in [5.41, 5.74) is 1.40. The number of aliphatic carboxylic acids is 1. The van der Waals surface area contributed by atoms with Gasteiger partial charge in [0.1, 0.15) is 59.1 Å². The number of carbonyl (C=O) groups is 8. The highest BCUT2D eigenvalue weighted by molar-refractivity contribution is 5.96. The van der Waals surface area contributed by atoms with Crippen molar-refractivity contribution in [2.45, 2.75) is 153 Å². The van der Waals surface area contributed by atoms with Crippen molar-refractivity contribution >= 4 is 69.2 Å². The van der Waals surface area contributed by atoms with E-state index >= 15 is 0 Å². The van der Waals surface area contributed by atoms with E-state index in [9.17, 15) is 52.2 Å². The van der Waals surface area contributed by atoms with Crippen molar-refractivity contribution in [3.05, 3.63) is 167 Å². The molecule has 2 heterocycles. The maximum atomic E-state index is 14.3. The molecule has 91 heavy (non-hydrogen) atoms.